The number of hydrogen-bond acceptors (Lipinski definition) is 9. The van der Waals surface area contributed by atoms with Gasteiger partial charge in [-0.25, -0.2) is 9.97 Å². The van der Waals surface area contributed by atoms with Crippen molar-refractivity contribution in [1.29, 1.82) is 10.5 Å². The summed E-state index contributed by atoms with van der Waals surface area (Å²) in [7, 11) is 2.10. The molecule has 0 bridgehead atoms. The van der Waals surface area contributed by atoms with Crippen molar-refractivity contribution in [3.63, 3.8) is 0 Å². The number of nitriles is 2. The lowest BCUT2D eigenvalue weighted by Crippen LogP contribution is -2.55. The van der Waals surface area contributed by atoms with Gasteiger partial charge in [-0.15, -0.1) is 0 Å². The van der Waals surface area contributed by atoms with Crippen LogP contribution >= 0.6 is 0 Å². The third-order valence-corrected chi connectivity index (χ3v) is 8.80. The van der Waals surface area contributed by atoms with Crippen molar-refractivity contribution < 1.29 is 9.53 Å². The first kappa shape index (κ1) is 27.6. The zero-order valence-corrected chi connectivity index (χ0v) is 23.9. The second-order valence-electron chi connectivity index (χ2n) is 11.2. The maximum atomic E-state index is 12.6. The van der Waals surface area contributed by atoms with Gasteiger partial charge in [0.1, 0.15) is 29.7 Å². The van der Waals surface area contributed by atoms with Crippen molar-refractivity contribution in [3.05, 3.63) is 60.1 Å². The summed E-state index contributed by atoms with van der Waals surface area (Å²) in [6.07, 6.45) is 8.20. The maximum Gasteiger partial charge on any atom is 0.246 e. The highest BCUT2D eigenvalue weighted by Gasteiger charge is 2.35. The van der Waals surface area contributed by atoms with Gasteiger partial charge in [-0.1, -0.05) is 6.58 Å². The fourth-order valence-electron chi connectivity index (χ4n) is 6.58. The van der Waals surface area contributed by atoms with Crippen molar-refractivity contribution in [3.8, 4) is 18.0 Å². The van der Waals surface area contributed by atoms with E-state index in [9.17, 15) is 15.3 Å². The van der Waals surface area contributed by atoms with Gasteiger partial charge in [0.25, 0.3) is 0 Å². The Morgan fingerprint density at radius 1 is 1.19 bits per heavy atom. The minimum atomic E-state index is -0.306. The molecule has 11 nitrogen and oxygen atoms in total. The average Bonchev–Trinajstić information content (AvgIpc) is 3.67. The zero-order valence-electron chi connectivity index (χ0n) is 23.9. The van der Waals surface area contributed by atoms with Gasteiger partial charge < -0.3 is 24.3 Å². The summed E-state index contributed by atoms with van der Waals surface area (Å²) in [5.41, 5.74) is 4.05. The number of fused-ring (bicyclic) bond motifs is 2. The molecule has 3 aliphatic heterocycles. The van der Waals surface area contributed by atoms with Crippen LogP contribution in [0, 0.1) is 22.7 Å². The smallest absolute Gasteiger partial charge is 0.246 e. The third kappa shape index (κ3) is 5.01. The fourth-order valence-corrected chi connectivity index (χ4v) is 6.58. The number of piperazine rings is 1. The lowest BCUT2D eigenvalue weighted by molar-refractivity contribution is -0.128. The number of ether oxygens (including phenoxy) is 1. The molecule has 1 amide bonds. The summed E-state index contributed by atoms with van der Waals surface area (Å²) in [6.45, 7) is 7.86. The van der Waals surface area contributed by atoms with Crippen molar-refractivity contribution in [2.24, 2.45) is 0 Å². The summed E-state index contributed by atoms with van der Waals surface area (Å²) in [6, 6.07) is 10.6. The molecule has 6 heterocycles. The first-order valence-electron chi connectivity index (χ1n) is 14.5. The number of aromatic nitrogens is 3. The van der Waals surface area contributed by atoms with Crippen molar-refractivity contribution in [1.82, 2.24) is 24.2 Å². The topological polar surface area (TPSA) is 117 Å². The van der Waals surface area contributed by atoms with Crippen LogP contribution in [0.15, 0.2) is 43.2 Å². The molecule has 2 atom stereocenters. The van der Waals surface area contributed by atoms with E-state index in [4.69, 9.17) is 9.72 Å². The molecule has 6 rings (SSSR count). The van der Waals surface area contributed by atoms with Crippen LogP contribution in [-0.2, 0) is 17.8 Å². The van der Waals surface area contributed by atoms with Gasteiger partial charge >= 0.3 is 0 Å². The molecule has 0 aromatic carbocycles. The molecular weight excluding hydrogens is 530 g/mol. The van der Waals surface area contributed by atoms with Gasteiger partial charge in [0.05, 0.1) is 36.5 Å². The van der Waals surface area contributed by atoms with E-state index in [-0.39, 0.29) is 24.4 Å². The van der Waals surface area contributed by atoms with E-state index >= 15 is 0 Å². The Bertz CT molecular complexity index is 1590. The molecule has 0 aliphatic carbocycles. The van der Waals surface area contributed by atoms with Crippen LogP contribution in [0.4, 0.5) is 11.5 Å². The molecule has 216 valence electrons. The van der Waals surface area contributed by atoms with E-state index in [1.54, 1.807) is 4.90 Å². The summed E-state index contributed by atoms with van der Waals surface area (Å²) >= 11 is 0. The highest BCUT2D eigenvalue weighted by Crippen LogP contribution is 2.38. The van der Waals surface area contributed by atoms with Gasteiger partial charge in [0.15, 0.2) is 0 Å². The Balaban J connectivity index is 1.39. The van der Waals surface area contributed by atoms with Crippen LogP contribution in [0.2, 0.25) is 0 Å². The lowest BCUT2D eigenvalue weighted by Gasteiger charge is -2.43. The normalized spacial score (nSPS) is 20.7. The monoisotopic (exact) mass is 565 g/mol. The highest BCUT2D eigenvalue weighted by molar-refractivity contribution is 5.87. The van der Waals surface area contributed by atoms with Crippen LogP contribution in [0.25, 0.3) is 5.65 Å². The number of rotatable bonds is 7. The zero-order chi connectivity index (χ0) is 29.2. The van der Waals surface area contributed by atoms with Gasteiger partial charge in [0, 0.05) is 50.2 Å². The molecule has 42 heavy (non-hydrogen) atoms. The second-order valence-corrected chi connectivity index (χ2v) is 11.2. The van der Waals surface area contributed by atoms with Gasteiger partial charge in [-0.05, 0) is 57.1 Å². The number of carbonyl (C=O) groups is 1. The summed E-state index contributed by atoms with van der Waals surface area (Å²) in [4.78, 5) is 30.5. The highest BCUT2D eigenvalue weighted by atomic mass is 16.5. The Morgan fingerprint density at radius 2 is 2.07 bits per heavy atom. The Morgan fingerprint density at radius 3 is 2.83 bits per heavy atom. The molecule has 2 saturated heterocycles. The Kier molecular flexibility index (Phi) is 7.68. The number of likely N-dealkylation sites (N-methyl/N-ethyl adjacent to an activating group) is 1. The SMILES string of the molecule is C=CC(=O)N1CCN(c2c(C#N)c(OC[C@@H]3CCCN3C)nc3c2CCN(c2ccnc4cccn24)C3)C[C@@H]1CC#N. The lowest BCUT2D eigenvalue weighted by atomic mass is 9.97. The van der Waals surface area contributed by atoms with Crippen molar-refractivity contribution in [2.45, 2.75) is 44.3 Å². The number of nitrogens with zero attached hydrogens (tertiary/aromatic N) is 9. The molecule has 3 aliphatic rings. The second kappa shape index (κ2) is 11.7. The molecule has 3 aromatic heterocycles. The summed E-state index contributed by atoms with van der Waals surface area (Å²) in [5.74, 6) is 1.21. The van der Waals surface area contributed by atoms with E-state index in [0.717, 1.165) is 54.3 Å². The quantitative estimate of drug-likeness (QED) is 0.399. The maximum absolute atomic E-state index is 12.6. The third-order valence-electron chi connectivity index (χ3n) is 8.80. The first-order chi connectivity index (χ1) is 20.5. The van der Waals surface area contributed by atoms with Crippen LogP contribution in [0.1, 0.15) is 36.1 Å². The molecular formula is C31H35N9O2. The van der Waals surface area contributed by atoms with E-state index in [1.807, 2.05) is 30.6 Å². The summed E-state index contributed by atoms with van der Waals surface area (Å²) < 4.78 is 8.44. The minimum Gasteiger partial charge on any atom is -0.475 e. The van der Waals surface area contributed by atoms with Crippen LogP contribution in [0.5, 0.6) is 5.88 Å². The fraction of sp³-hybridized carbons (Fsp3) is 0.452. The average molecular weight is 566 g/mol. The minimum absolute atomic E-state index is 0.179. The van der Waals surface area contributed by atoms with Gasteiger partial charge in [0.2, 0.25) is 11.8 Å². The summed E-state index contributed by atoms with van der Waals surface area (Å²) in [5, 5.41) is 20.0. The molecule has 0 N–H and O–H groups in total. The van der Waals surface area contributed by atoms with Crippen molar-refractivity contribution in [2.75, 3.05) is 56.2 Å². The van der Waals surface area contributed by atoms with E-state index in [1.165, 1.54) is 6.08 Å². The number of hydrogen-bond donors (Lipinski definition) is 0. The van der Waals surface area contributed by atoms with E-state index < -0.39 is 0 Å². The molecule has 0 unspecified atom stereocenters. The predicted octanol–water partition coefficient (Wildman–Crippen LogP) is 2.75. The Hall–Kier alpha value is -4.61. The van der Waals surface area contributed by atoms with E-state index in [2.05, 4.69) is 49.8 Å². The molecule has 0 saturated carbocycles. The van der Waals surface area contributed by atoms with Crippen molar-refractivity contribution >= 4 is 23.1 Å². The largest absolute Gasteiger partial charge is 0.475 e. The van der Waals surface area contributed by atoms with Crippen LogP contribution in [-0.4, -0.2) is 88.5 Å². The predicted molar refractivity (Wildman–Crippen MR) is 158 cm³/mol. The number of pyridine rings is 1. The number of amides is 1. The molecule has 11 heteroatoms. The van der Waals surface area contributed by atoms with Gasteiger partial charge in [-0.2, -0.15) is 10.5 Å². The standard InChI is InChI=1S/C31H35N9O2/c1-3-29(41)39-17-16-38(19-22(39)8-11-32)30-24-10-15-37(28-9-12-34-27-7-5-14-40(27)28)20-26(24)35-31(25(30)18-33)42-21-23-6-4-13-36(23)2/h3,5,7,9,12,14,22-23H,1,4,6,8,10,13,15-17,19-21H2,2H3/t22-,23-/m0/s1. The van der Waals surface area contributed by atoms with Crippen LogP contribution < -0.4 is 14.5 Å². The molecule has 2 fully saturated rings. The number of anilines is 2. The van der Waals surface area contributed by atoms with Gasteiger partial charge in [-0.3, -0.25) is 9.20 Å². The van der Waals surface area contributed by atoms with Crippen LogP contribution in [0.3, 0.4) is 0 Å². The molecule has 3 aromatic rings. The van der Waals surface area contributed by atoms with E-state index in [0.29, 0.717) is 50.7 Å². The molecule has 0 radical (unpaired) electrons. The molecule has 0 spiro atoms. The Labute approximate surface area is 245 Å². The first-order valence-corrected chi connectivity index (χ1v) is 14.5. The number of carbonyl (C=O) groups excluding carboxylic acids is 1. The number of likely N-dealkylation sites (tertiary alicyclic amines) is 1.